The van der Waals surface area contributed by atoms with Crippen LogP contribution >= 0.6 is 15.9 Å². The first-order valence-corrected chi connectivity index (χ1v) is 9.97. The Morgan fingerprint density at radius 2 is 1.91 bits per heavy atom. The number of ketones is 2. The summed E-state index contributed by atoms with van der Waals surface area (Å²) < 4.78 is 21.2. The minimum atomic E-state index is -2.89. The second-order valence-corrected chi connectivity index (χ2v) is 8.06. The van der Waals surface area contributed by atoms with Crippen LogP contribution in [0.25, 0.3) is 0 Å². The van der Waals surface area contributed by atoms with Gasteiger partial charge in [0.25, 0.3) is 0 Å². The maximum absolute atomic E-state index is 15.2. The highest BCUT2D eigenvalue weighted by molar-refractivity contribution is 9.10. The summed E-state index contributed by atoms with van der Waals surface area (Å²) in [5.74, 6) is -2.81. The lowest BCUT2D eigenvalue weighted by Crippen LogP contribution is -2.57. The third-order valence-electron chi connectivity index (χ3n) is 5.10. The number of hydrogen-bond donors (Lipinski definition) is 5. The Balaban J connectivity index is 2.01. The molecule has 1 aliphatic rings. The third-order valence-corrected chi connectivity index (χ3v) is 5.68. The molecule has 0 radical (unpaired) electrons. The summed E-state index contributed by atoms with van der Waals surface area (Å²) in [5, 5.41) is 43.0. The predicted molar refractivity (Wildman–Crippen MR) is 110 cm³/mol. The van der Waals surface area contributed by atoms with Crippen LogP contribution < -0.4 is 11.0 Å². The zero-order chi connectivity index (χ0) is 24.0. The largest absolute Gasteiger partial charge is 0.506 e. The van der Waals surface area contributed by atoms with E-state index >= 15 is 4.39 Å². The first-order chi connectivity index (χ1) is 14.9. The zero-order valence-electron chi connectivity index (χ0n) is 16.7. The lowest BCUT2D eigenvalue weighted by molar-refractivity contribution is -0.160. The van der Waals surface area contributed by atoms with Gasteiger partial charge < -0.3 is 30.5 Å². The number of alkyl halides is 1. The number of halogens is 2. The van der Waals surface area contributed by atoms with Gasteiger partial charge in [-0.2, -0.15) is 4.98 Å². The van der Waals surface area contributed by atoms with Gasteiger partial charge in [0.2, 0.25) is 0 Å². The second-order valence-electron chi connectivity index (χ2n) is 7.21. The van der Waals surface area contributed by atoms with Crippen molar-refractivity contribution in [1.29, 1.82) is 0 Å². The van der Waals surface area contributed by atoms with E-state index < -0.39 is 47.5 Å². The molecule has 172 valence electrons. The van der Waals surface area contributed by atoms with Gasteiger partial charge in [-0.25, -0.2) is 9.18 Å². The molecule has 0 aliphatic carbocycles. The number of aromatic nitrogens is 2. The molecular weight excluding hydrogens is 497 g/mol. The van der Waals surface area contributed by atoms with Crippen molar-refractivity contribution < 1.29 is 39.1 Å². The Morgan fingerprint density at radius 1 is 1.31 bits per heavy atom. The average molecular weight is 516 g/mol. The predicted octanol–water partition coefficient (Wildman–Crippen LogP) is 0.666. The van der Waals surface area contributed by atoms with Gasteiger partial charge in [-0.15, -0.1) is 0 Å². The van der Waals surface area contributed by atoms with E-state index in [-0.39, 0.29) is 27.5 Å². The molecule has 0 bridgehead atoms. The summed E-state index contributed by atoms with van der Waals surface area (Å²) in [4.78, 5) is 39.9. The fraction of sp³-hybridized carbons (Fsp3) is 0.368. The van der Waals surface area contributed by atoms with Crippen molar-refractivity contribution in [1.82, 2.24) is 9.55 Å². The monoisotopic (exact) mass is 515 g/mol. The molecule has 1 fully saturated rings. The number of phenolic OH excluding ortho intramolecular Hbond substituents is 2. The zero-order valence-corrected chi connectivity index (χ0v) is 18.3. The van der Waals surface area contributed by atoms with E-state index in [0.717, 1.165) is 20.0 Å². The highest BCUT2D eigenvalue weighted by atomic mass is 79.9. The molecule has 1 aliphatic heterocycles. The Bertz CT molecular complexity index is 1120. The summed E-state index contributed by atoms with van der Waals surface area (Å²) >= 11 is 3.12. The molecule has 2 unspecified atom stereocenters. The van der Waals surface area contributed by atoms with E-state index in [1.54, 1.807) is 0 Å². The van der Waals surface area contributed by atoms with Crippen LogP contribution in [0.15, 0.2) is 33.7 Å². The van der Waals surface area contributed by atoms with Gasteiger partial charge in [0.05, 0.1) is 4.47 Å². The van der Waals surface area contributed by atoms with Crippen molar-refractivity contribution in [2.75, 3.05) is 5.32 Å². The van der Waals surface area contributed by atoms with Gasteiger partial charge in [0.1, 0.15) is 29.4 Å². The summed E-state index contributed by atoms with van der Waals surface area (Å²) in [5.41, 5.74) is -4.13. The Hall–Kier alpha value is -2.87. The van der Waals surface area contributed by atoms with Gasteiger partial charge >= 0.3 is 5.69 Å². The number of carbonyl (C=O) groups is 2. The first kappa shape index (κ1) is 23.8. The van der Waals surface area contributed by atoms with Crippen LogP contribution in [0.3, 0.4) is 0 Å². The van der Waals surface area contributed by atoms with Gasteiger partial charge in [0, 0.05) is 6.20 Å². The summed E-state index contributed by atoms with van der Waals surface area (Å²) in [6.45, 7) is 1.83. The minimum Gasteiger partial charge on any atom is -0.506 e. The van der Waals surface area contributed by atoms with Crippen LogP contribution in [-0.2, 0) is 14.3 Å². The van der Waals surface area contributed by atoms with Gasteiger partial charge in [-0.05, 0) is 41.9 Å². The van der Waals surface area contributed by atoms with Crippen LogP contribution in [0.4, 0.5) is 15.9 Å². The number of benzene rings is 1. The number of aliphatic hydroxyl groups excluding tert-OH is 1. The Morgan fingerprint density at radius 3 is 2.44 bits per heavy atom. The van der Waals surface area contributed by atoms with Gasteiger partial charge in [0.15, 0.2) is 35.4 Å². The molecule has 0 saturated carbocycles. The molecule has 32 heavy (non-hydrogen) atoms. The maximum atomic E-state index is 15.2. The molecule has 5 N–H and O–H groups in total. The number of rotatable bonds is 6. The summed E-state index contributed by atoms with van der Waals surface area (Å²) in [7, 11) is 0. The molecule has 2 aromatic rings. The number of Topliss-reactive ketones (excluding diaryl/α,β-unsaturated/α-hetero) is 2. The van der Waals surface area contributed by atoms with E-state index in [0.29, 0.717) is 4.57 Å². The smallest absolute Gasteiger partial charge is 0.351 e. The van der Waals surface area contributed by atoms with Crippen molar-refractivity contribution >= 4 is 39.0 Å². The third kappa shape index (κ3) is 3.88. The standard InChI is InChI=1S/C19H19BrFN3O8/c1-7(25)13(29)15-19(31,8(2)26)14(21)17(32-15)24-6-9(20)16(23-18(24)30)22-12-10(27)4-3-5-11(12)28/h3-6,13-15,17,27-29,31H,1-2H3,(H,22,23,30)/t13?,14?,15-,17-,19+/m1/s1. The fourth-order valence-corrected chi connectivity index (χ4v) is 3.72. The van der Waals surface area contributed by atoms with Crippen LogP contribution in [0.5, 0.6) is 11.5 Å². The van der Waals surface area contributed by atoms with Crippen LogP contribution in [0.1, 0.15) is 20.1 Å². The lowest BCUT2D eigenvalue weighted by atomic mass is 9.85. The molecule has 1 saturated heterocycles. The molecule has 13 heteroatoms. The average Bonchev–Trinajstić information content (AvgIpc) is 2.98. The number of nitrogens with zero attached hydrogens (tertiary/aromatic N) is 2. The normalized spacial score (nSPS) is 26.0. The maximum Gasteiger partial charge on any atom is 0.351 e. The summed E-state index contributed by atoms with van der Waals surface area (Å²) in [6.07, 6.45) is -7.36. The van der Waals surface area contributed by atoms with Crippen molar-refractivity contribution in [2.24, 2.45) is 0 Å². The first-order valence-electron chi connectivity index (χ1n) is 9.17. The van der Waals surface area contributed by atoms with Crippen LogP contribution in [0, 0.1) is 0 Å². The quantitative estimate of drug-likeness (QED) is 0.344. The lowest BCUT2D eigenvalue weighted by Gasteiger charge is -2.28. The molecular formula is C19H19BrFN3O8. The molecule has 1 aromatic heterocycles. The minimum absolute atomic E-state index is 0.0532. The van der Waals surface area contributed by atoms with Crippen LogP contribution in [-0.4, -0.2) is 65.5 Å². The number of phenols is 2. The highest BCUT2D eigenvalue weighted by Crippen LogP contribution is 2.42. The Labute approximate surface area is 188 Å². The molecule has 2 heterocycles. The number of nitrogens with one attached hydrogen (secondary N) is 1. The topological polar surface area (TPSA) is 171 Å². The number of carbonyl (C=O) groups excluding carboxylic acids is 2. The SMILES string of the molecule is CC(=O)C(O)[C@H]1O[C@@H](n2cc(Br)c(Nc3c(O)cccc3O)nc2=O)C(F)[C@@]1(O)C(C)=O. The number of para-hydroxylation sites is 1. The van der Waals surface area contributed by atoms with E-state index in [4.69, 9.17) is 4.74 Å². The molecule has 11 nitrogen and oxygen atoms in total. The van der Waals surface area contributed by atoms with E-state index in [2.05, 4.69) is 26.2 Å². The van der Waals surface area contributed by atoms with Gasteiger partial charge in [-0.1, -0.05) is 6.07 Å². The van der Waals surface area contributed by atoms with E-state index in [1.165, 1.54) is 18.2 Å². The highest BCUT2D eigenvalue weighted by Gasteiger charge is 2.63. The Kier molecular flexibility index (Phi) is 6.38. The van der Waals surface area contributed by atoms with E-state index in [9.17, 15) is 34.8 Å². The number of hydrogen-bond acceptors (Lipinski definition) is 10. The number of aromatic hydroxyl groups is 2. The summed E-state index contributed by atoms with van der Waals surface area (Å²) in [6, 6.07) is 3.94. The second kappa shape index (κ2) is 8.58. The number of anilines is 2. The van der Waals surface area contributed by atoms with Crippen LogP contribution in [0.2, 0.25) is 0 Å². The molecule has 0 amide bonds. The molecule has 3 rings (SSSR count). The molecule has 0 spiro atoms. The van der Waals surface area contributed by atoms with Crippen molar-refractivity contribution in [2.45, 2.75) is 44.1 Å². The van der Waals surface area contributed by atoms with E-state index in [1.807, 2.05) is 0 Å². The van der Waals surface area contributed by atoms with Crippen molar-refractivity contribution in [3.63, 3.8) is 0 Å². The van der Waals surface area contributed by atoms with Gasteiger partial charge in [-0.3, -0.25) is 14.2 Å². The van der Waals surface area contributed by atoms with Crippen molar-refractivity contribution in [3.05, 3.63) is 39.4 Å². The van der Waals surface area contributed by atoms with Crippen molar-refractivity contribution in [3.8, 4) is 11.5 Å². The molecule has 1 aromatic carbocycles. The number of aliphatic hydroxyl groups is 2. The number of ether oxygens (including phenoxy) is 1. The molecule has 5 atom stereocenters. The fourth-order valence-electron chi connectivity index (χ4n) is 3.32.